The number of ether oxygens (including phenoxy) is 1. The van der Waals surface area contributed by atoms with Gasteiger partial charge in [-0.05, 0) is 38.8 Å². The van der Waals surface area contributed by atoms with Gasteiger partial charge < -0.3 is 20.7 Å². The number of nitrogens with one attached hydrogen (secondary N) is 3. The molecule has 1 aliphatic heterocycles. The van der Waals surface area contributed by atoms with Gasteiger partial charge in [0.1, 0.15) is 5.75 Å². The highest BCUT2D eigenvalue weighted by Crippen LogP contribution is 2.17. The number of carbonyl (C=O) groups is 1. The Kier molecular flexibility index (Phi) is 4.84. The summed E-state index contributed by atoms with van der Waals surface area (Å²) in [4.78, 5) is 12.0. The number of methoxy groups -OCH3 is 1. The highest BCUT2D eigenvalue weighted by atomic mass is 16.5. The summed E-state index contributed by atoms with van der Waals surface area (Å²) in [5.74, 6) is 0.726. The molecule has 1 aromatic carbocycles. The Morgan fingerprint density at radius 3 is 2.85 bits per heavy atom. The van der Waals surface area contributed by atoms with E-state index in [1.165, 1.54) is 0 Å². The molecule has 110 valence electrons. The van der Waals surface area contributed by atoms with Crippen molar-refractivity contribution in [2.45, 2.75) is 44.8 Å². The SMILES string of the molecule is COc1cccc(NC(=O)NC2CCC(C)NC2C)c1. The molecule has 0 aromatic heterocycles. The van der Waals surface area contributed by atoms with Crippen molar-refractivity contribution in [2.75, 3.05) is 12.4 Å². The van der Waals surface area contributed by atoms with E-state index in [0.717, 1.165) is 24.3 Å². The number of carbonyl (C=O) groups excluding carboxylic acids is 1. The van der Waals surface area contributed by atoms with Crippen molar-refractivity contribution < 1.29 is 9.53 Å². The molecule has 3 unspecified atom stereocenters. The van der Waals surface area contributed by atoms with Crippen molar-refractivity contribution in [2.24, 2.45) is 0 Å². The first-order chi connectivity index (χ1) is 9.58. The Morgan fingerprint density at radius 2 is 2.15 bits per heavy atom. The van der Waals surface area contributed by atoms with E-state index in [9.17, 15) is 4.79 Å². The zero-order valence-corrected chi connectivity index (χ0v) is 12.3. The number of benzene rings is 1. The van der Waals surface area contributed by atoms with Crippen LogP contribution in [0, 0.1) is 0 Å². The van der Waals surface area contributed by atoms with Crippen molar-refractivity contribution in [3.63, 3.8) is 0 Å². The summed E-state index contributed by atoms with van der Waals surface area (Å²) in [5, 5.41) is 9.31. The number of urea groups is 1. The summed E-state index contributed by atoms with van der Waals surface area (Å²) in [6, 6.07) is 8.12. The first-order valence-electron chi connectivity index (χ1n) is 7.06. The normalized spacial score (nSPS) is 25.9. The lowest BCUT2D eigenvalue weighted by Crippen LogP contribution is -2.55. The van der Waals surface area contributed by atoms with Gasteiger partial charge in [-0.3, -0.25) is 0 Å². The van der Waals surface area contributed by atoms with Gasteiger partial charge in [0.25, 0.3) is 0 Å². The van der Waals surface area contributed by atoms with Crippen LogP contribution in [0.3, 0.4) is 0 Å². The first kappa shape index (κ1) is 14.7. The van der Waals surface area contributed by atoms with E-state index in [4.69, 9.17) is 4.74 Å². The lowest BCUT2D eigenvalue weighted by atomic mass is 9.95. The van der Waals surface area contributed by atoms with Gasteiger partial charge in [-0.2, -0.15) is 0 Å². The molecule has 1 aliphatic rings. The van der Waals surface area contributed by atoms with Crippen molar-refractivity contribution in [3.05, 3.63) is 24.3 Å². The molecular formula is C15H23N3O2. The van der Waals surface area contributed by atoms with Crippen LogP contribution in [0.5, 0.6) is 5.75 Å². The van der Waals surface area contributed by atoms with Gasteiger partial charge in [0.2, 0.25) is 0 Å². The van der Waals surface area contributed by atoms with Gasteiger partial charge in [0.15, 0.2) is 0 Å². The van der Waals surface area contributed by atoms with Gasteiger partial charge in [0, 0.05) is 29.9 Å². The molecule has 0 spiro atoms. The van der Waals surface area contributed by atoms with Crippen LogP contribution in [0.2, 0.25) is 0 Å². The summed E-state index contributed by atoms with van der Waals surface area (Å²) >= 11 is 0. The quantitative estimate of drug-likeness (QED) is 0.794. The molecule has 0 radical (unpaired) electrons. The summed E-state index contributed by atoms with van der Waals surface area (Å²) in [7, 11) is 1.61. The second-order valence-corrected chi connectivity index (χ2v) is 5.37. The van der Waals surface area contributed by atoms with Crippen LogP contribution in [0.4, 0.5) is 10.5 Å². The van der Waals surface area contributed by atoms with E-state index in [-0.39, 0.29) is 18.1 Å². The van der Waals surface area contributed by atoms with Crippen LogP contribution in [-0.2, 0) is 0 Å². The number of hydrogen-bond donors (Lipinski definition) is 3. The van der Waals surface area contributed by atoms with E-state index in [1.54, 1.807) is 13.2 Å². The molecule has 0 aliphatic carbocycles. The predicted molar refractivity (Wildman–Crippen MR) is 80.2 cm³/mol. The summed E-state index contributed by atoms with van der Waals surface area (Å²) in [6.45, 7) is 4.27. The summed E-state index contributed by atoms with van der Waals surface area (Å²) in [5.41, 5.74) is 0.728. The van der Waals surface area contributed by atoms with Crippen LogP contribution in [0.25, 0.3) is 0 Å². The summed E-state index contributed by atoms with van der Waals surface area (Å²) in [6.07, 6.45) is 2.08. The van der Waals surface area contributed by atoms with Gasteiger partial charge in [-0.25, -0.2) is 4.79 Å². The van der Waals surface area contributed by atoms with Crippen LogP contribution in [0.1, 0.15) is 26.7 Å². The van der Waals surface area contributed by atoms with Crippen molar-refractivity contribution in [1.29, 1.82) is 0 Å². The van der Waals surface area contributed by atoms with Crippen molar-refractivity contribution in [1.82, 2.24) is 10.6 Å². The van der Waals surface area contributed by atoms with E-state index >= 15 is 0 Å². The van der Waals surface area contributed by atoms with Gasteiger partial charge in [-0.1, -0.05) is 6.07 Å². The highest BCUT2D eigenvalue weighted by molar-refractivity contribution is 5.89. The molecule has 1 heterocycles. The number of amides is 2. The molecule has 1 fully saturated rings. The smallest absolute Gasteiger partial charge is 0.319 e. The first-order valence-corrected chi connectivity index (χ1v) is 7.06. The molecule has 0 bridgehead atoms. The fourth-order valence-electron chi connectivity index (χ4n) is 2.56. The topological polar surface area (TPSA) is 62.4 Å². The monoisotopic (exact) mass is 277 g/mol. The maximum Gasteiger partial charge on any atom is 0.319 e. The number of hydrogen-bond acceptors (Lipinski definition) is 3. The molecule has 5 nitrogen and oxygen atoms in total. The Morgan fingerprint density at radius 1 is 1.35 bits per heavy atom. The molecule has 2 amide bonds. The van der Waals surface area contributed by atoms with E-state index in [0.29, 0.717) is 6.04 Å². The van der Waals surface area contributed by atoms with Crippen molar-refractivity contribution >= 4 is 11.7 Å². The Bertz CT molecular complexity index is 464. The lowest BCUT2D eigenvalue weighted by Gasteiger charge is -2.34. The average molecular weight is 277 g/mol. The molecule has 20 heavy (non-hydrogen) atoms. The lowest BCUT2D eigenvalue weighted by molar-refractivity contribution is 0.232. The van der Waals surface area contributed by atoms with E-state index in [1.807, 2.05) is 18.2 Å². The van der Waals surface area contributed by atoms with E-state index in [2.05, 4.69) is 29.8 Å². The molecule has 1 aromatic rings. The third-order valence-electron chi connectivity index (χ3n) is 3.71. The zero-order valence-electron chi connectivity index (χ0n) is 12.3. The number of anilines is 1. The molecule has 5 heteroatoms. The Hall–Kier alpha value is -1.75. The van der Waals surface area contributed by atoms with Gasteiger partial charge in [-0.15, -0.1) is 0 Å². The fraction of sp³-hybridized carbons (Fsp3) is 0.533. The number of rotatable bonds is 3. The maximum atomic E-state index is 12.0. The second kappa shape index (κ2) is 6.61. The van der Waals surface area contributed by atoms with Gasteiger partial charge >= 0.3 is 6.03 Å². The Balaban J connectivity index is 1.88. The average Bonchev–Trinajstić information content (AvgIpc) is 2.42. The second-order valence-electron chi connectivity index (χ2n) is 5.37. The van der Waals surface area contributed by atoms with E-state index < -0.39 is 0 Å². The molecule has 3 atom stereocenters. The standard InChI is InChI=1S/C15H23N3O2/c1-10-7-8-14(11(2)16-10)18-15(19)17-12-5-4-6-13(9-12)20-3/h4-6,9-11,14,16H,7-8H2,1-3H3,(H2,17,18,19). The molecule has 3 N–H and O–H groups in total. The summed E-state index contributed by atoms with van der Waals surface area (Å²) < 4.78 is 5.13. The fourth-order valence-corrected chi connectivity index (χ4v) is 2.56. The van der Waals surface area contributed by atoms with Gasteiger partial charge in [0.05, 0.1) is 7.11 Å². The minimum absolute atomic E-state index is 0.164. The molecule has 0 saturated carbocycles. The molecular weight excluding hydrogens is 254 g/mol. The minimum Gasteiger partial charge on any atom is -0.497 e. The maximum absolute atomic E-state index is 12.0. The molecule has 2 rings (SSSR count). The minimum atomic E-state index is -0.175. The third-order valence-corrected chi connectivity index (χ3v) is 3.71. The highest BCUT2D eigenvalue weighted by Gasteiger charge is 2.25. The Labute approximate surface area is 120 Å². The third kappa shape index (κ3) is 3.87. The zero-order chi connectivity index (χ0) is 14.5. The van der Waals surface area contributed by atoms with Crippen LogP contribution < -0.4 is 20.7 Å². The molecule has 1 saturated heterocycles. The van der Waals surface area contributed by atoms with Crippen molar-refractivity contribution in [3.8, 4) is 5.75 Å². The van der Waals surface area contributed by atoms with Crippen LogP contribution in [0.15, 0.2) is 24.3 Å². The number of piperidine rings is 1. The predicted octanol–water partition coefficient (Wildman–Crippen LogP) is 2.35. The largest absolute Gasteiger partial charge is 0.497 e. The van der Waals surface area contributed by atoms with Crippen LogP contribution in [-0.4, -0.2) is 31.3 Å². The van der Waals surface area contributed by atoms with Crippen LogP contribution >= 0.6 is 0 Å².